The van der Waals surface area contributed by atoms with Gasteiger partial charge >= 0.3 is 0 Å². The van der Waals surface area contributed by atoms with Gasteiger partial charge in [0.05, 0.1) is 23.6 Å². The van der Waals surface area contributed by atoms with E-state index in [4.69, 9.17) is 10.5 Å². The summed E-state index contributed by atoms with van der Waals surface area (Å²) in [5.74, 6) is -0.492. The summed E-state index contributed by atoms with van der Waals surface area (Å²) in [6.45, 7) is 2.83. The maximum absolute atomic E-state index is 12.8. The van der Waals surface area contributed by atoms with E-state index in [1.165, 1.54) is 18.2 Å². The second kappa shape index (κ2) is 8.78. The first-order chi connectivity index (χ1) is 13.9. The summed E-state index contributed by atoms with van der Waals surface area (Å²) >= 11 is 0. The van der Waals surface area contributed by atoms with E-state index in [0.717, 1.165) is 12.0 Å². The Morgan fingerprint density at radius 1 is 1.21 bits per heavy atom. The van der Waals surface area contributed by atoms with Gasteiger partial charge in [-0.05, 0) is 48.4 Å². The van der Waals surface area contributed by atoms with Crippen molar-refractivity contribution in [1.82, 2.24) is 9.78 Å². The molecular weight excluding hydrogens is 392 g/mol. The average Bonchev–Trinajstić information content (AvgIpc) is 3.19. The van der Waals surface area contributed by atoms with Crippen molar-refractivity contribution in [2.24, 2.45) is 5.73 Å². The van der Waals surface area contributed by atoms with E-state index in [2.05, 4.69) is 9.82 Å². The fourth-order valence-corrected chi connectivity index (χ4v) is 3.81. The van der Waals surface area contributed by atoms with Gasteiger partial charge in [-0.1, -0.05) is 19.1 Å². The normalized spacial score (nSPS) is 11.2. The minimum Gasteiger partial charge on any atom is -0.493 e. The summed E-state index contributed by atoms with van der Waals surface area (Å²) in [6.07, 6.45) is 4.25. The lowest BCUT2D eigenvalue weighted by Crippen LogP contribution is -2.17. The van der Waals surface area contributed by atoms with Crippen molar-refractivity contribution in [2.75, 3.05) is 11.3 Å². The molecule has 29 heavy (non-hydrogen) atoms. The Morgan fingerprint density at radius 2 is 2.03 bits per heavy atom. The number of hydrogen-bond acceptors (Lipinski definition) is 5. The predicted octanol–water partition coefficient (Wildman–Crippen LogP) is 2.62. The fourth-order valence-electron chi connectivity index (χ4n) is 2.73. The van der Waals surface area contributed by atoms with E-state index < -0.39 is 15.9 Å². The second-order valence-corrected chi connectivity index (χ2v) is 8.06. The van der Waals surface area contributed by atoms with Crippen molar-refractivity contribution in [1.29, 1.82) is 0 Å². The SMILES string of the molecule is CCCOc1ccc(S(=O)(=O)Nc2cccc(Cn3cccn3)c2)cc1C(N)=O. The van der Waals surface area contributed by atoms with Crippen LogP contribution in [0, 0.1) is 0 Å². The number of nitrogens with one attached hydrogen (secondary N) is 1. The third-order valence-corrected chi connectivity index (χ3v) is 5.45. The number of nitrogens with zero attached hydrogens (tertiary/aromatic N) is 2. The third-order valence-electron chi connectivity index (χ3n) is 4.07. The lowest BCUT2D eigenvalue weighted by atomic mass is 10.2. The van der Waals surface area contributed by atoms with E-state index in [0.29, 0.717) is 18.8 Å². The molecule has 0 unspecified atom stereocenters. The maximum atomic E-state index is 12.8. The zero-order valence-electron chi connectivity index (χ0n) is 15.9. The van der Waals surface area contributed by atoms with Crippen LogP contribution in [0.4, 0.5) is 5.69 Å². The van der Waals surface area contributed by atoms with E-state index >= 15 is 0 Å². The molecule has 8 nitrogen and oxygen atoms in total. The molecule has 0 saturated carbocycles. The van der Waals surface area contributed by atoms with Crippen LogP contribution in [0.15, 0.2) is 65.8 Å². The Bertz CT molecular complexity index is 1100. The van der Waals surface area contributed by atoms with Gasteiger partial charge < -0.3 is 10.5 Å². The first kappa shape index (κ1) is 20.4. The highest BCUT2D eigenvalue weighted by atomic mass is 32.2. The molecule has 1 aromatic heterocycles. The number of hydrogen-bond donors (Lipinski definition) is 2. The van der Waals surface area contributed by atoms with Crippen LogP contribution in [0.5, 0.6) is 5.75 Å². The number of carbonyl (C=O) groups is 1. The highest BCUT2D eigenvalue weighted by Gasteiger charge is 2.19. The van der Waals surface area contributed by atoms with Crippen LogP contribution < -0.4 is 15.2 Å². The molecule has 2 aromatic carbocycles. The van der Waals surface area contributed by atoms with Crippen molar-refractivity contribution in [3.8, 4) is 5.75 Å². The summed E-state index contributed by atoms with van der Waals surface area (Å²) in [7, 11) is -3.92. The van der Waals surface area contributed by atoms with Gasteiger partial charge in [0.1, 0.15) is 5.75 Å². The van der Waals surface area contributed by atoms with Crippen molar-refractivity contribution in [2.45, 2.75) is 24.8 Å². The molecule has 1 amide bonds. The molecule has 0 spiro atoms. The number of amides is 1. The summed E-state index contributed by atoms with van der Waals surface area (Å²) in [4.78, 5) is 11.7. The van der Waals surface area contributed by atoms with Gasteiger partial charge in [-0.15, -0.1) is 0 Å². The van der Waals surface area contributed by atoms with Crippen molar-refractivity contribution < 1.29 is 17.9 Å². The maximum Gasteiger partial charge on any atom is 0.261 e. The molecule has 3 rings (SSSR count). The average molecular weight is 414 g/mol. The van der Waals surface area contributed by atoms with Gasteiger partial charge in [0.2, 0.25) is 0 Å². The van der Waals surface area contributed by atoms with E-state index in [1.54, 1.807) is 29.1 Å². The van der Waals surface area contributed by atoms with Gasteiger partial charge in [-0.2, -0.15) is 5.10 Å². The molecule has 0 saturated heterocycles. The van der Waals surface area contributed by atoms with Crippen LogP contribution in [0.1, 0.15) is 29.3 Å². The molecule has 0 aliphatic rings. The fraction of sp³-hybridized carbons (Fsp3) is 0.200. The number of rotatable bonds is 9. The Labute approximate surface area is 169 Å². The number of nitrogens with two attached hydrogens (primary N) is 1. The summed E-state index contributed by atoms with van der Waals surface area (Å²) < 4.78 is 35.4. The number of carbonyl (C=O) groups excluding carboxylic acids is 1. The molecular formula is C20H22N4O4S. The molecule has 0 bridgehead atoms. The minimum atomic E-state index is -3.92. The van der Waals surface area contributed by atoms with Crippen LogP contribution in [-0.4, -0.2) is 30.7 Å². The monoisotopic (exact) mass is 414 g/mol. The van der Waals surface area contributed by atoms with Crippen molar-refractivity contribution in [3.05, 3.63) is 72.1 Å². The molecule has 0 aliphatic heterocycles. The highest BCUT2D eigenvalue weighted by molar-refractivity contribution is 7.92. The van der Waals surface area contributed by atoms with Crippen molar-refractivity contribution in [3.63, 3.8) is 0 Å². The van der Waals surface area contributed by atoms with E-state index in [1.807, 2.05) is 25.3 Å². The van der Waals surface area contributed by atoms with Crippen LogP contribution in [0.3, 0.4) is 0 Å². The lowest BCUT2D eigenvalue weighted by Gasteiger charge is -2.13. The summed E-state index contributed by atoms with van der Waals surface area (Å²) in [6, 6.07) is 12.9. The molecule has 0 fully saturated rings. The summed E-state index contributed by atoms with van der Waals surface area (Å²) in [5, 5.41) is 4.14. The molecule has 1 heterocycles. The molecule has 3 N–H and O–H groups in total. The largest absolute Gasteiger partial charge is 0.493 e. The predicted molar refractivity (Wildman–Crippen MR) is 109 cm³/mol. The van der Waals surface area contributed by atoms with Crippen LogP contribution in [0.25, 0.3) is 0 Å². The molecule has 0 atom stereocenters. The summed E-state index contributed by atoms with van der Waals surface area (Å²) in [5.41, 5.74) is 6.70. The molecule has 3 aromatic rings. The molecule has 0 aliphatic carbocycles. The standard InChI is InChI=1S/C20H22N4O4S/c1-2-11-28-19-8-7-17(13-18(19)20(21)25)29(26,27)23-16-6-3-5-15(12-16)14-24-10-4-9-22-24/h3-10,12-13,23H,2,11,14H2,1H3,(H2,21,25). The molecule has 0 radical (unpaired) electrons. The van der Waals surface area contributed by atoms with Crippen LogP contribution >= 0.6 is 0 Å². The number of primary amides is 1. The first-order valence-electron chi connectivity index (χ1n) is 9.05. The topological polar surface area (TPSA) is 116 Å². The molecule has 9 heteroatoms. The van der Waals surface area contributed by atoms with Crippen LogP contribution in [-0.2, 0) is 16.6 Å². The van der Waals surface area contributed by atoms with Gasteiger partial charge in [0.15, 0.2) is 0 Å². The number of anilines is 1. The third kappa shape index (κ3) is 5.14. The number of benzene rings is 2. The quantitative estimate of drug-likeness (QED) is 0.558. The van der Waals surface area contributed by atoms with Gasteiger partial charge in [-0.25, -0.2) is 8.42 Å². The Hall–Kier alpha value is -3.33. The van der Waals surface area contributed by atoms with Gasteiger partial charge in [0, 0.05) is 18.1 Å². The van der Waals surface area contributed by atoms with Gasteiger partial charge in [0.25, 0.3) is 15.9 Å². The first-order valence-corrected chi connectivity index (χ1v) is 10.5. The minimum absolute atomic E-state index is 0.0220. The number of aromatic nitrogens is 2. The van der Waals surface area contributed by atoms with Crippen molar-refractivity contribution >= 4 is 21.6 Å². The Kier molecular flexibility index (Phi) is 6.18. The Balaban J connectivity index is 1.84. The smallest absolute Gasteiger partial charge is 0.261 e. The lowest BCUT2D eigenvalue weighted by molar-refractivity contribution is 0.0996. The molecule has 152 valence electrons. The van der Waals surface area contributed by atoms with Gasteiger partial charge in [-0.3, -0.25) is 14.2 Å². The second-order valence-electron chi connectivity index (χ2n) is 6.38. The highest BCUT2D eigenvalue weighted by Crippen LogP contribution is 2.24. The number of sulfonamides is 1. The number of ether oxygens (including phenoxy) is 1. The zero-order valence-corrected chi connectivity index (χ0v) is 16.7. The van der Waals surface area contributed by atoms with Crippen LogP contribution in [0.2, 0.25) is 0 Å². The Morgan fingerprint density at radius 3 is 2.72 bits per heavy atom. The van der Waals surface area contributed by atoms with E-state index in [9.17, 15) is 13.2 Å². The van der Waals surface area contributed by atoms with E-state index in [-0.39, 0.29) is 16.2 Å². The zero-order chi connectivity index (χ0) is 20.9.